The molecule has 0 spiro atoms. The maximum Gasteiger partial charge on any atom is 0.161 e. The molecule has 0 aliphatic carbocycles. The third-order valence-corrected chi connectivity index (χ3v) is 7.66. The molecule has 10 nitrogen and oxygen atoms in total. The number of aromatic amines is 2. The van der Waals surface area contributed by atoms with Gasteiger partial charge in [0.15, 0.2) is 11.6 Å². The van der Waals surface area contributed by atoms with Gasteiger partial charge in [0.05, 0.1) is 40.7 Å². The number of nitrogens with one attached hydrogen (secondary N) is 2. The summed E-state index contributed by atoms with van der Waals surface area (Å²) in [6.07, 6.45) is 11.2. The number of likely N-dealkylation sites (N-methyl/N-ethyl adjacent to an activating group) is 1. The Labute approximate surface area is 218 Å². The first-order valence-corrected chi connectivity index (χ1v) is 13.1. The van der Waals surface area contributed by atoms with Gasteiger partial charge in [0.25, 0.3) is 0 Å². The first kappa shape index (κ1) is 23.2. The number of H-pyrrole nitrogens is 2. The molecule has 7 rings (SSSR count). The van der Waals surface area contributed by atoms with E-state index in [2.05, 4.69) is 51.9 Å². The van der Waals surface area contributed by atoms with Gasteiger partial charge in [0, 0.05) is 50.7 Å². The number of hydrogen-bond acceptors (Lipinski definition) is 8. The molecule has 38 heavy (non-hydrogen) atoms. The summed E-state index contributed by atoms with van der Waals surface area (Å²) in [5.74, 6) is 0.0517. The molecule has 0 bridgehead atoms. The standard InChI is InChI=1S/C27H29FN10/c1-36-6-8-38(9-7-36)21-15-30-13-20-25(21)33-27(32-20)26-22-19(34-35-26)14-31-24(23(22)28)18-10-17(11-29-12-18)16-37-4-2-3-5-37/h10-15H,2-9,16H2,1H3,(H,32,33)(H,34,35). The lowest BCUT2D eigenvalue weighted by Crippen LogP contribution is -2.44. The highest BCUT2D eigenvalue weighted by molar-refractivity contribution is 5.97. The number of nitrogens with zero attached hydrogens (tertiary/aromatic N) is 8. The van der Waals surface area contributed by atoms with Gasteiger partial charge in [-0.3, -0.25) is 25.0 Å². The monoisotopic (exact) mass is 512 g/mol. The van der Waals surface area contributed by atoms with Crippen molar-refractivity contribution < 1.29 is 4.39 Å². The van der Waals surface area contributed by atoms with Crippen LogP contribution in [0, 0.1) is 5.82 Å². The summed E-state index contributed by atoms with van der Waals surface area (Å²) >= 11 is 0. The smallest absolute Gasteiger partial charge is 0.161 e. The van der Waals surface area contributed by atoms with Crippen LogP contribution >= 0.6 is 0 Å². The van der Waals surface area contributed by atoms with E-state index in [9.17, 15) is 0 Å². The lowest BCUT2D eigenvalue weighted by atomic mass is 10.1. The minimum atomic E-state index is -0.441. The second-order valence-electron chi connectivity index (χ2n) is 10.3. The van der Waals surface area contributed by atoms with Gasteiger partial charge in [-0.2, -0.15) is 5.10 Å². The highest BCUT2D eigenvalue weighted by Gasteiger charge is 2.23. The molecule has 2 aliphatic rings. The number of fused-ring (bicyclic) bond motifs is 2. The number of anilines is 1. The molecule has 0 aromatic carbocycles. The Morgan fingerprint density at radius 3 is 2.55 bits per heavy atom. The summed E-state index contributed by atoms with van der Waals surface area (Å²) in [5, 5.41) is 7.71. The second-order valence-corrected chi connectivity index (χ2v) is 10.3. The summed E-state index contributed by atoms with van der Waals surface area (Å²) in [4.78, 5) is 28.4. The molecule has 194 valence electrons. The molecule has 5 aromatic heterocycles. The molecule has 0 amide bonds. The number of imidazole rings is 1. The van der Waals surface area contributed by atoms with Crippen molar-refractivity contribution in [3.63, 3.8) is 0 Å². The first-order chi connectivity index (χ1) is 18.6. The third kappa shape index (κ3) is 4.07. The Morgan fingerprint density at radius 2 is 1.71 bits per heavy atom. The molecule has 7 heterocycles. The highest BCUT2D eigenvalue weighted by Crippen LogP contribution is 2.34. The van der Waals surface area contributed by atoms with E-state index in [0.717, 1.165) is 68.1 Å². The Morgan fingerprint density at radius 1 is 0.895 bits per heavy atom. The van der Waals surface area contributed by atoms with E-state index in [0.29, 0.717) is 28.0 Å². The van der Waals surface area contributed by atoms with E-state index in [1.165, 1.54) is 12.8 Å². The summed E-state index contributed by atoms with van der Waals surface area (Å²) in [7, 11) is 2.13. The summed E-state index contributed by atoms with van der Waals surface area (Å²) in [6, 6.07) is 1.98. The van der Waals surface area contributed by atoms with Crippen molar-refractivity contribution in [2.24, 2.45) is 0 Å². The van der Waals surface area contributed by atoms with Crippen molar-refractivity contribution in [3.8, 4) is 22.8 Å². The van der Waals surface area contributed by atoms with Gasteiger partial charge in [-0.05, 0) is 44.6 Å². The van der Waals surface area contributed by atoms with Gasteiger partial charge in [-0.15, -0.1) is 0 Å². The molecule has 2 fully saturated rings. The minimum absolute atomic E-state index is 0.256. The fourth-order valence-electron chi connectivity index (χ4n) is 5.56. The Hall–Kier alpha value is -3.96. The molecular weight excluding hydrogens is 483 g/mol. The lowest BCUT2D eigenvalue weighted by molar-refractivity contribution is 0.313. The summed E-state index contributed by atoms with van der Waals surface area (Å²) in [6.45, 7) is 6.75. The number of rotatable bonds is 5. The minimum Gasteiger partial charge on any atom is -0.366 e. The van der Waals surface area contributed by atoms with Crippen molar-refractivity contribution in [1.82, 2.24) is 44.9 Å². The van der Waals surface area contributed by atoms with Crippen LogP contribution < -0.4 is 4.90 Å². The number of piperazine rings is 1. The van der Waals surface area contributed by atoms with Crippen molar-refractivity contribution in [2.75, 3.05) is 51.2 Å². The van der Waals surface area contributed by atoms with Crippen LogP contribution in [0.4, 0.5) is 10.1 Å². The zero-order chi connectivity index (χ0) is 25.6. The average Bonchev–Trinajstić information content (AvgIpc) is 3.69. The van der Waals surface area contributed by atoms with Crippen molar-refractivity contribution >= 4 is 27.6 Å². The maximum absolute atomic E-state index is 16.1. The van der Waals surface area contributed by atoms with Crippen LogP contribution in [0.5, 0.6) is 0 Å². The van der Waals surface area contributed by atoms with Gasteiger partial charge in [0.2, 0.25) is 0 Å². The Kier molecular flexibility index (Phi) is 5.74. The SMILES string of the molecule is CN1CCN(c2cncc3[nH]c(-c4n[nH]c5cnc(-c6cncc(CN7CCCC7)c6)c(F)c45)nc23)CC1. The normalized spacial score (nSPS) is 17.3. The largest absolute Gasteiger partial charge is 0.366 e. The van der Waals surface area contributed by atoms with E-state index >= 15 is 4.39 Å². The van der Waals surface area contributed by atoms with Crippen molar-refractivity contribution in [3.05, 3.63) is 48.4 Å². The fourth-order valence-corrected chi connectivity index (χ4v) is 5.56. The zero-order valence-corrected chi connectivity index (χ0v) is 21.3. The molecule has 2 aliphatic heterocycles. The molecule has 5 aromatic rings. The number of hydrogen-bond donors (Lipinski definition) is 2. The van der Waals surface area contributed by atoms with E-state index in [4.69, 9.17) is 4.98 Å². The van der Waals surface area contributed by atoms with Gasteiger partial charge < -0.3 is 14.8 Å². The van der Waals surface area contributed by atoms with Crippen LogP contribution in [0.15, 0.2) is 37.1 Å². The summed E-state index contributed by atoms with van der Waals surface area (Å²) in [5.41, 5.74) is 5.47. The quantitative estimate of drug-likeness (QED) is 0.369. The van der Waals surface area contributed by atoms with Crippen LogP contribution in [0.25, 0.3) is 44.7 Å². The van der Waals surface area contributed by atoms with E-state index in [1.807, 2.05) is 18.5 Å². The second kappa shape index (κ2) is 9.41. The highest BCUT2D eigenvalue weighted by atomic mass is 19.1. The Balaban J connectivity index is 1.27. The molecule has 0 atom stereocenters. The number of aromatic nitrogens is 7. The predicted octanol–water partition coefficient (Wildman–Crippen LogP) is 3.44. The molecule has 2 N–H and O–H groups in total. The van der Waals surface area contributed by atoms with E-state index < -0.39 is 5.82 Å². The zero-order valence-electron chi connectivity index (χ0n) is 21.3. The van der Waals surface area contributed by atoms with E-state index in [-0.39, 0.29) is 5.69 Å². The number of halogens is 1. The van der Waals surface area contributed by atoms with Gasteiger partial charge >= 0.3 is 0 Å². The molecule has 2 saturated heterocycles. The predicted molar refractivity (Wildman–Crippen MR) is 144 cm³/mol. The van der Waals surface area contributed by atoms with Gasteiger partial charge in [-0.1, -0.05) is 0 Å². The lowest BCUT2D eigenvalue weighted by Gasteiger charge is -2.33. The van der Waals surface area contributed by atoms with E-state index in [1.54, 1.807) is 18.6 Å². The van der Waals surface area contributed by atoms with Crippen LogP contribution in [0.1, 0.15) is 18.4 Å². The van der Waals surface area contributed by atoms with Crippen molar-refractivity contribution in [1.29, 1.82) is 0 Å². The van der Waals surface area contributed by atoms with Gasteiger partial charge in [0.1, 0.15) is 16.9 Å². The molecular formula is C27H29FN10. The summed E-state index contributed by atoms with van der Waals surface area (Å²) < 4.78 is 16.1. The third-order valence-electron chi connectivity index (χ3n) is 7.66. The van der Waals surface area contributed by atoms with Crippen molar-refractivity contribution in [2.45, 2.75) is 19.4 Å². The molecule has 0 saturated carbocycles. The van der Waals surface area contributed by atoms with Crippen LogP contribution in [0.3, 0.4) is 0 Å². The molecule has 0 radical (unpaired) electrons. The fraction of sp³-hybridized carbons (Fsp3) is 0.370. The topological polar surface area (TPSA) is 106 Å². The average molecular weight is 513 g/mol. The Bertz CT molecular complexity index is 1610. The molecule has 11 heteroatoms. The maximum atomic E-state index is 16.1. The van der Waals surface area contributed by atoms with Gasteiger partial charge in [-0.25, -0.2) is 9.37 Å². The number of likely N-dealkylation sites (tertiary alicyclic amines) is 1. The molecule has 0 unspecified atom stereocenters. The first-order valence-electron chi connectivity index (χ1n) is 13.1. The number of pyridine rings is 3. The van der Waals surface area contributed by atoms with Crippen LogP contribution in [-0.2, 0) is 6.54 Å². The van der Waals surface area contributed by atoms with Crippen LogP contribution in [-0.4, -0.2) is 91.2 Å². The van der Waals surface area contributed by atoms with Crippen LogP contribution in [0.2, 0.25) is 0 Å².